The van der Waals surface area contributed by atoms with Crippen molar-refractivity contribution in [2.75, 3.05) is 0 Å². The highest BCUT2D eigenvalue weighted by atomic mass is 14.4. The average Bonchev–Trinajstić information content (AvgIpc) is 2.42. The number of allylic oxidation sites excluding steroid dienone is 4. The fourth-order valence-corrected chi connectivity index (χ4v) is 3.48. The molecule has 15 heavy (non-hydrogen) atoms. The summed E-state index contributed by atoms with van der Waals surface area (Å²) in [6, 6.07) is 0. The summed E-state index contributed by atoms with van der Waals surface area (Å²) in [6.07, 6.45) is 12.1. The lowest BCUT2D eigenvalue weighted by molar-refractivity contribution is 0.262. The van der Waals surface area contributed by atoms with E-state index in [-0.39, 0.29) is 0 Å². The van der Waals surface area contributed by atoms with Crippen LogP contribution in [0.2, 0.25) is 0 Å². The predicted molar refractivity (Wildman–Crippen MR) is 66.6 cm³/mol. The van der Waals surface area contributed by atoms with E-state index in [1.54, 1.807) is 0 Å². The molecule has 0 aromatic heterocycles. The van der Waals surface area contributed by atoms with Crippen LogP contribution in [0.25, 0.3) is 0 Å². The highest BCUT2D eigenvalue weighted by molar-refractivity contribution is 5.18. The fraction of sp³-hybridized carbons (Fsp3) is 0.733. The van der Waals surface area contributed by atoms with Gasteiger partial charge in [0.2, 0.25) is 0 Å². The molecule has 1 saturated carbocycles. The van der Waals surface area contributed by atoms with Gasteiger partial charge in [-0.25, -0.2) is 0 Å². The van der Waals surface area contributed by atoms with Gasteiger partial charge in [0.1, 0.15) is 0 Å². The lowest BCUT2D eigenvalue weighted by Crippen LogP contribution is -2.19. The van der Waals surface area contributed by atoms with Crippen molar-refractivity contribution in [2.45, 2.75) is 40.5 Å². The van der Waals surface area contributed by atoms with Crippen LogP contribution in [0.1, 0.15) is 40.5 Å². The first-order valence-electron chi connectivity index (χ1n) is 6.32. The molecule has 4 atom stereocenters. The molecule has 0 aliphatic heterocycles. The van der Waals surface area contributed by atoms with Crippen LogP contribution in [0.4, 0.5) is 0 Å². The van der Waals surface area contributed by atoms with Crippen molar-refractivity contribution in [1.29, 1.82) is 0 Å². The molecule has 0 bridgehead atoms. The number of fused-ring (bicyclic) bond motifs is 1. The van der Waals surface area contributed by atoms with Crippen molar-refractivity contribution < 1.29 is 0 Å². The Labute approximate surface area is 94.5 Å². The molecular formula is C15H24. The number of rotatable bonds is 1. The predicted octanol–water partition coefficient (Wildman–Crippen LogP) is 4.44. The van der Waals surface area contributed by atoms with E-state index in [1.807, 2.05) is 0 Å². The van der Waals surface area contributed by atoms with Crippen LogP contribution in [0.15, 0.2) is 24.3 Å². The van der Waals surface area contributed by atoms with E-state index in [9.17, 15) is 0 Å². The summed E-state index contributed by atoms with van der Waals surface area (Å²) < 4.78 is 0. The van der Waals surface area contributed by atoms with E-state index in [0.29, 0.717) is 5.41 Å². The zero-order chi connectivity index (χ0) is 11.1. The van der Waals surface area contributed by atoms with E-state index in [2.05, 4.69) is 52.0 Å². The van der Waals surface area contributed by atoms with Gasteiger partial charge < -0.3 is 0 Å². The van der Waals surface area contributed by atoms with Gasteiger partial charge in [-0.2, -0.15) is 0 Å². The van der Waals surface area contributed by atoms with E-state index in [0.717, 1.165) is 23.7 Å². The van der Waals surface area contributed by atoms with E-state index >= 15 is 0 Å². The van der Waals surface area contributed by atoms with E-state index < -0.39 is 0 Å². The quantitative estimate of drug-likeness (QED) is 0.592. The van der Waals surface area contributed by atoms with Gasteiger partial charge in [-0.1, -0.05) is 52.0 Å². The maximum absolute atomic E-state index is 2.45. The summed E-state index contributed by atoms with van der Waals surface area (Å²) >= 11 is 0. The molecule has 2 rings (SSSR count). The van der Waals surface area contributed by atoms with Crippen molar-refractivity contribution in [1.82, 2.24) is 0 Å². The van der Waals surface area contributed by atoms with Crippen molar-refractivity contribution in [2.24, 2.45) is 29.1 Å². The molecule has 0 heteroatoms. The third-order valence-electron chi connectivity index (χ3n) is 3.97. The zero-order valence-electron chi connectivity index (χ0n) is 10.5. The molecule has 0 heterocycles. The molecule has 0 nitrogen and oxygen atoms in total. The van der Waals surface area contributed by atoms with Gasteiger partial charge in [0.05, 0.1) is 0 Å². The summed E-state index contributed by atoms with van der Waals surface area (Å²) in [7, 11) is 0. The Morgan fingerprint density at radius 1 is 1.07 bits per heavy atom. The van der Waals surface area contributed by atoms with Gasteiger partial charge in [0, 0.05) is 0 Å². The largest absolute Gasteiger partial charge is 0.0806 e. The highest BCUT2D eigenvalue weighted by Crippen LogP contribution is 2.48. The van der Waals surface area contributed by atoms with Gasteiger partial charge >= 0.3 is 0 Å². The normalized spacial score (nSPS) is 39.5. The Bertz CT molecular complexity index is 277. The Hall–Kier alpha value is -0.520. The maximum Gasteiger partial charge on any atom is -0.0136 e. The SMILES string of the molecule is CC1CC(CC(C)(C)C)C2C=CC=CC12. The third-order valence-corrected chi connectivity index (χ3v) is 3.97. The molecule has 0 radical (unpaired) electrons. The molecule has 0 saturated heterocycles. The van der Waals surface area contributed by atoms with Crippen LogP contribution in [-0.4, -0.2) is 0 Å². The molecule has 2 aliphatic rings. The molecule has 1 fully saturated rings. The summed E-state index contributed by atoms with van der Waals surface area (Å²) in [6.45, 7) is 9.53. The Balaban J connectivity index is 2.09. The summed E-state index contributed by atoms with van der Waals surface area (Å²) in [5, 5.41) is 0. The standard InChI is InChI=1S/C15H24/c1-11-9-12(10-15(2,3)4)14-8-6-5-7-13(11)14/h5-8,11-14H,9-10H2,1-4H3. The lowest BCUT2D eigenvalue weighted by atomic mass is 9.77. The molecule has 0 spiro atoms. The smallest absolute Gasteiger partial charge is 0.0136 e. The van der Waals surface area contributed by atoms with Crippen LogP contribution in [0.5, 0.6) is 0 Å². The second kappa shape index (κ2) is 3.81. The average molecular weight is 204 g/mol. The van der Waals surface area contributed by atoms with Crippen LogP contribution >= 0.6 is 0 Å². The number of hydrogen-bond donors (Lipinski definition) is 0. The Morgan fingerprint density at radius 3 is 2.27 bits per heavy atom. The van der Waals surface area contributed by atoms with Crippen molar-refractivity contribution >= 4 is 0 Å². The molecule has 2 aliphatic carbocycles. The maximum atomic E-state index is 2.45. The molecule has 0 amide bonds. The van der Waals surface area contributed by atoms with Crippen LogP contribution in [0.3, 0.4) is 0 Å². The minimum atomic E-state index is 0.480. The molecule has 84 valence electrons. The van der Waals surface area contributed by atoms with Crippen LogP contribution in [-0.2, 0) is 0 Å². The minimum Gasteiger partial charge on any atom is -0.0806 e. The number of hydrogen-bond acceptors (Lipinski definition) is 0. The van der Waals surface area contributed by atoms with Gasteiger partial charge in [-0.05, 0) is 41.9 Å². The summed E-state index contributed by atoms with van der Waals surface area (Å²) in [5.41, 5.74) is 0.480. The first-order chi connectivity index (χ1) is 6.97. The molecule has 0 N–H and O–H groups in total. The zero-order valence-corrected chi connectivity index (χ0v) is 10.5. The van der Waals surface area contributed by atoms with Gasteiger partial charge in [-0.3, -0.25) is 0 Å². The second-order valence-corrected chi connectivity index (χ2v) is 6.66. The molecule has 0 aromatic rings. The van der Waals surface area contributed by atoms with E-state index in [1.165, 1.54) is 12.8 Å². The Kier molecular flexibility index (Phi) is 2.79. The van der Waals surface area contributed by atoms with Crippen molar-refractivity contribution in [3.63, 3.8) is 0 Å². The first kappa shape index (κ1) is 11.0. The first-order valence-corrected chi connectivity index (χ1v) is 6.32. The Morgan fingerprint density at radius 2 is 1.67 bits per heavy atom. The van der Waals surface area contributed by atoms with Crippen LogP contribution < -0.4 is 0 Å². The summed E-state index contributed by atoms with van der Waals surface area (Å²) in [4.78, 5) is 0. The van der Waals surface area contributed by atoms with Crippen LogP contribution in [0, 0.1) is 29.1 Å². The lowest BCUT2D eigenvalue weighted by Gasteiger charge is -2.28. The van der Waals surface area contributed by atoms with Gasteiger partial charge in [0.25, 0.3) is 0 Å². The highest BCUT2D eigenvalue weighted by Gasteiger charge is 2.39. The molecular weight excluding hydrogens is 180 g/mol. The van der Waals surface area contributed by atoms with Gasteiger partial charge in [0.15, 0.2) is 0 Å². The fourth-order valence-electron chi connectivity index (χ4n) is 3.48. The molecule has 0 aromatic carbocycles. The van der Waals surface area contributed by atoms with Gasteiger partial charge in [-0.15, -0.1) is 0 Å². The summed E-state index contributed by atoms with van der Waals surface area (Å²) in [5.74, 6) is 3.43. The third kappa shape index (κ3) is 2.35. The van der Waals surface area contributed by atoms with Crippen molar-refractivity contribution in [3.05, 3.63) is 24.3 Å². The monoisotopic (exact) mass is 204 g/mol. The topological polar surface area (TPSA) is 0 Å². The van der Waals surface area contributed by atoms with Crippen molar-refractivity contribution in [3.8, 4) is 0 Å². The second-order valence-electron chi connectivity index (χ2n) is 6.66. The van der Waals surface area contributed by atoms with E-state index in [4.69, 9.17) is 0 Å². The minimum absolute atomic E-state index is 0.480. The molecule has 4 unspecified atom stereocenters.